The minimum absolute atomic E-state index is 0.0211. The van der Waals surface area contributed by atoms with Gasteiger partial charge in [-0.15, -0.1) is 11.8 Å². The van der Waals surface area contributed by atoms with Gasteiger partial charge in [-0.3, -0.25) is 4.79 Å². The molecule has 0 aromatic heterocycles. The van der Waals surface area contributed by atoms with E-state index in [4.69, 9.17) is 5.73 Å². The summed E-state index contributed by atoms with van der Waals surface area (Å²) in [5.74, 6) is 2.61. The summed E-state index contributed by atoms with van der Waals surface area (Å²) in [4.78, 5) is 10.8. The zero-order chi connectivity index (χ0) is 10.6. The van der Waals surface area contributed by atoms with Crippen LogP contribution in [0.25, 0.3) is 0 Å². The van der Waals surface area contributed by atoms with Crippen molar-refractivity contribution < 1.29 is 4.79 Å². The first-order valence-corrected chi connectivity index (χ1v) is 6.55. The summed E-state index contributed by atoms with van der Waals surface area (Å²) >= 11 is 1.72. The number of carbonyl (C=O) groups excluding carboxylic acids is 1. The molecule has 0 saturated heterocycles. The maximum absolute atomic E-state index is 10.8. The van der Waals surface area contributed by atoms with Crippen molar-refractivity contribution in [1.29, 1.82) is 0 Å². The van der Waals surface area contributed by atoms with Gasteiger partial charge in [0.05, 0.1) is 5.25 Å². The van der Waals surface area contributed by atoms with Crippen molar-refractivity contribution >= 4 is 17.7 Å². The topological polar surface area (TPSA) is 43.1 Å². The van der Waals surface area contributed by atoms with E-state index in [9.17, 15) is 4.79 Å². The highest BCUT2D eigenvalue weighted by Crippen LogP contribution is 2.31. The first-order valence-electron chi connectivity index (χ1n) is 5.50. The van der Waals surface area contributed by atoms with Crippen LogP contribution >= 0.6 is 11.8 Å². The lowest BCUT2D eigenvalue weighted by Gasteiger charge is -2.26. The van der Waals surface area contributed by atoms with Gasteiger partial charge in [-0.25, -0.2) is 0 Å². The molecule has 3 heteroatoms. The lowest BCUT2D eigenvalue weighted by Crippen LogP contribution is -2.24. The Hall–Kier alpha value is -0.180. The van der Waals surface area contributed by atoms with Gasteiger partial charge in [0.1, 0.15) is 0 Å². The molecule has 3 atom stereocenters. The van der Waals surface area contributed by atoms with Gasteiger partial charge in [0, 0.05) is 0 Å². The van der Waals surface area contributed by atoms with Gasteiger partial charge in [0.25, 0.3) is 0 Å². The third kappa shape index (κ3) is 3.91. The Bertz CT molecular complexity index is 196. The normalized spacial score (nSPS) is 29.9. The Morgan fingerprint density at radius 2 is 2.29 bits per heavy atom. The van der Waals surface area contributed by atoms with Gasteiger partial charge in [-0.05, 0) is 37.4 Å². The summed E-state index contributed by atoms with van der Waals surface area (Å²) in [5.41, 5.74) is 5.22. The number of hydrogen-bond acceptors (Lipinski definition) is 2. The molecule has 2 N–H and O–H groups in total. The number of rotatable bonds is 4. The van der Waals surface area contributed by atoms with Crippen LogP contribution in [0.4, 0.5) is 0 Å². The zero-order valence-electron chi connectivity index (χ0n) is 9.16. The summed E-state index contributed by atoms with van der Waals surface area (Å²) in [6.45, 7) is 4.23. The third-order valence-corrected chi connectivity index (χ3v) is 4.42. The first-order chi connectivity index (χ1) is 6.59. The van der Waals surface area contributed by atoms with E-state index in [1.54, 1.807) is 11.8 Å². The fourth-order valence-corrected chi connectivity index (χ4v) is 3.10. The van der Waals surface area contributed by atoms with Crippen molar-refractivity contribution in [3.63, 3.8) is 0 Å². The number of primary amides is 1. The summed E-state index contributed by atoms with van der Waals surface area (Å²) in [5, 5.41) is -0.0211. The van der Waals surface area contributed by atoms with E-state index in [1.165, 1.54) is 25.7 Å². The Morgan fingerprint density at radius 1 is 1.57 bits per heavy atom. The van der Waals surface area contributed by atoms with Crippen molar-refractivity contribution in [2.75, 3.05) is 5.75 Å². The van der Waals surface area contributed by atoms with Crippen LogP contribution in [0.3, 0.4) is 0 Å². The molecule has 1 aliphatic carbocycles. The van der Waals surface area contributed by atoms with Gasteiger partial charge >= 0.3 is 0 Å². The smallest absolute Gasteiger partial charge is 0.230 e. The average molecular weight is 215 g/mol. The Kier molecular flexibility index (Phi) is 4.79. The van der Waals surface area contributed by atoms with Crippen LogP contribution in [-0.4, -0.2) is 16.9 Å². The van der Waals surface area contributed by atoms with E-state index in [-0.39, 0.29) is 11.2 Å². The quantitative estimate of drug-likeness (QED) is 0.782. The minimum Gasteiger partial charge on any atom is -0.369 e. The van der Waals surface area contributed by atoms with Gasteiger partial charge in [0.2, 0.25) is 5.91 Å². The molecule has 0 aromatic carbocycles. The van der Waals surface area contributed by atoms with Crippen LogP contribution in [-0.2, 0) is 4.79 Å². The number of amides is 1. The van der Waals surface area contributed by atoms with Gasteiger partial charge in [-0.1, -0.05) is 19.8 Å². The number of hydrogen-bond donors (Lipinski definition) is 1. The molecule has 14 heavy (non-hydrogen) atoms. The van der Waals surface area contributed by atoms with E-state index >= 15 is 0 Å². The molecule has 0 aliphatic heterocycles. The molecule has 1 rings (SSSR count). The van der Waals surface area contributed by atoms with E-state index < -0.39 is 0 Å². The lowest BCUT2D eigenvalue weighted by molar-refractivity contribution is -0.117. The van der Waals surface area contributed by atoms with Crippen LogP contribution in [0.5, 0.6) is 0 Å². The van der Waals surface area contributed by atoms with Crippen LogP contribution in [0.2, 0.25) is 0 Å². The molecular weight excluding hydrogens is 194 g/mol. The second-order valence-electron chi connectivity index (χ2n) is 4.52. The molecule has 1 aliphatic rings. The van der Waals surface area contributed by atoms with E-state index in [2.05, 4.69) is 6.92 Å². The predicted molar refractivity (Wildman–Crippen MR) is 62.2 cm³/mol. The molecule has 0 spiro atoms. The van der Waals surface area contributed by atoms with Gasteiger partial charge in [0.15, 0.2) is 0 Å². The lowest BCUT2D eigenvalue weighted by atomic mass is 9.83. The monoisotopic (exact) mass is 215 g/mol. The number of thioether (sulfide) groups is 1. The maximum atomic E-state index is 10.8. The Morgan fingerprint density at radius 3 is 2.86 bits per heavy atom. The van der Waals surface area contributed by atoms with Gasteiger partial charge in [-0.2, -0.15) is 0 Å². The van der Waals surface area contributed by atoms with Crippen molar-refractivity contribution in [1.82, 2.24) is 0 Å². The fraction of sp³-hybridized carbons (Fsp3) is 0.909. The Labute approximate surface area is 91.0 Å². The molecule has 0 bridgehead atoms. The van der Waals surface area contributed by atoms with Crippen molar-refractivity contribution in [3.05, 3.63) is 0 Å². The van der Waals surface area contributed by atoms with E-state index in [1.807, 2.05) is 6.92 Å². The minimum atomic E-state index is -0.182. The van der Waals surface area contributed by atoms with E-state index in [0.717, 1.165) is 17.6 Å². The standard InChI is InChI=1S/C11H21NOS/c1-8-4-3-5-10(6-8)7-14-9(2)11(12)13/h8-10H,3-7H2,1-2H3,(H2,12,13)/t8-,9-,10-/m1/s1. The molecule has 0 radical (unpaired) electrons. The molecule has 0 aromatic rings. The van der Waals surface area contributed by atoms with Crippen molar-refractivity contribution in [2.24, 2.45) is 17.6 Å². The summed E-state index contributed by atoms with van der Waals surface area (Å²) in [6.07, 6.45) is 5.41. The molecule has 1 amide bonds. The molecule has 1 fully saturated rings. The van der Waals surface area contributed by atoms with Gasteiger partial charge < -0.3 is 5.73 Å². The highest BCUT2D eigenvalue weighted by molar-refractivity contribution is 8.00. The summed E-state index contributed by atoms with van der Waals surface area (Å²) in [6, 6.07) is 0. The highest BCUT2D eigenvalue weighted by atomic mass is 32.2. The average Bonchev–Trinajstić information content (AvgIpc) is 2.14. The summed E-state index contributed by atoms with van der Waals surface area (Å²) < 4.78 is 0. The fourth-order valence-electron chi connectivity index (χ4n) is 2.07. The van der Waals surface area contributed by atoms with Crippen LogP contribution in [0.1, 0.15) is 39.5 Å². The predicted octanol–water partition coefficient (Wildman–Crippen LogP) is 2.42. The molecule has 1 saturated carbocycles. The first kappa shape index (κ1) is 11.9. The second kappa shape index (κ2) is 5.64. The third-order valence-electron chi connectivity index (χ3n) is 3.03. The molecule has 2 nitrogen and oxygen atoms in total. The van der Waals surface area contributed by atoms with Crippen LogP contribution in [0, 0.1) is 11.8 Å². The number of carbonyl (C=O) groups is 1. The second-order valence-corrected chi connectivity index (χ2v) is 5.89. The van der Waals surface area contributed by atoms with E-state index in [0.29, 0.717) is 0 Å². The largest absolute Gasteiger partial charge is 0.369 e. The van der Waals surface area contributed by atoms with Crippen molar-refractivity contribution in [2.45, 2.75) is 44.8 Å². The Balaban J connectivity index is 2.20. The highest BCUT2D eigenvalue weighted by Gasteiger charge is 2.20. The summed E-state index contributed by atoms with van der Waals surface area (Å²) in [7, 11) is 0. The molecule has 0 heterocycles. The number of nitrogens with two attached hydrogens (primary N) is 1. The van der Waals surface area contributed by atoms with Crippen LogP contribution < -0.4 is 5.73 Å². The molecule has 0 unspecified atom stereocenters. The van der Waals surface area contributed by atoms with Crippen molar-refractivity contribution in [3.8, 4) is 0 Å². The zero-order valence-corrected chi connectivity index (χ0v) is 9.98. The SMILES string of the molecule is C[C@@H]1CCC[C@@H](CS[C@H](C)C(N)=O)C1. The molecular formula is C11H21NOS. The molecule has 82 valence electrons. The maximum Gasteiger partial charge on any atom is 0.230 e. The van der Waals surface area contributed by atoms with Crippen LogP contribution in [0.15, 0.2) is 0 Å².